The zero-order chi connectivity index (χ0) is 9.69. The lowest BCUT2D eigenvalue weighted by atomic mass is 9.85. The molecule has 4 heteroatoms. The molecule has 1 saturated heterocycles. The van der Waals surface area contributed by atoms with Crippen LogP contribution < -0.4 is 0 Å². The molecular weight excluding hydrogens is 188 g/mol. The Morgan fingerprint density at radius 3 is 2.31 bits per heavy atom. The highest BCUT2D eigenvalue weighted by Crippen LogP contribution is 2.55. The number of rotatable bonds is 2. The fourth-order valence-electron chi connectivity index (χ4n) is 2.41. The Balaban J connectivity index is 2.17. The summed E-state index contributed by atoms with van der Waals surface area (Å²) in [5.41, 5.74) is -0.233. The Labute approximate surface area is 78.4 Å². The van der Waals surface area contributed by atoms with Crippen LogP contribution in [0.2, 0.25) is 0 Å². The van der Waals surface area contributed by atoms with E-state index in [1.165, 1.54) is 0 Å². The van der Waals surface area contributed by atoms with Crippen molar-refractivity contribution in [3.8, 4) is 0 Å². The van der Waals surface area contributed by atoms with Crippen molar-refractivity contribution < 1.29 is 13.2 Å². The number of hydrogen-bond acceptors (Lipinski definition) is 3. The predicted octanol–water partition coefficient (Wildman–Crippen LogP) is 0.790. The van der Waals surface area contributed by atoms with Crippen LogP contribution in [0.3, 0.4) is 0 Å². The largest absolute Gasteiger partial charge is 0.299 e. The molecular formula is C9H14O3S. The van der Waals surface area contributed by atoms with Crippen LogP contribution in [-0.4, -0.2) is 25.7 Å². The fraction of sp³-hybridized carbons (Fsp3) is 0.889. The molecule has 0 N–H and O–H groups in total. The predicted molar refractivity (Wildman–Crippen MR) is 49.1 cm³/mol. The second-order valence-electron chi connectivity index (χ2n) is 4.31. The minimum Gasteiger partial charge on any atom is -0.299 e. The number of sulfone groups is 1. The van der Waals surface area contributed by atoms with Gasteiger partial charge in [-0.1, -0.05) is 0 Å². The summed E-state index contributed by atoms with van der Waals surface area (Å²) in [6.45, 7) is 1.60. The topological polar surface area (TPSA) is 51.2 Å². The first-order valence-corrected chi connectivity index (χ1v) is 6.50. The zero-order valence-electron chi connectivity index (χ0n) is 7.75. The molecule has 1 heterocycles. The molecule has 2 fully saturated rings. The van der Waals surface area contributed by atoms with Gasteiger partial charge in [0.1, 0.15) is 5.78 Å². The zero-order valence-corrected chi connectivity index (χ0v) is 8.56. The Kier molecular flexibility index (Phi) is 1.81. The van der Waals surface area contributed by atoms with Crippen LogP contribution in [0.4, 0.5) is 0 Å². The lowest BCUT2D eigenvalue weighted by molar-refractivity contribution is -0.123. The van der Waals surface area contributed by atoms with Gasteiger partial charge in [0.2, 0.25) is 0 Å². The van der Waals surface area contributed by atoms with E-state index < -0.39 is 9.84 Å². The van der Waals surface area contributed by atoms with Gasteiger partial charge < -0.3 is 0 Å². The molecule has 3 nitrogen and oxygen atoms in total. The minimum absolute atomic E-state index is 0.120. The molecule has 1 unspecified atom stereocenters. The van der Waals surface area contributed by atoms with Crippen molar-refractivity contribution in [2.75, 3.05) is 11.5 Å². The van der Waals surface area contributed by atoms with E-state index in [-0.39, 0.29) is 28.6 Å². The van der Waals surface area contributed by atoms with Crippen molar-refractivity contribution in [1.82, 2.24) is 0 Å². The summed E-state index contributed by atoms with van der Waals surface area (Å²) in [5, 5.41) is 0. The Hall–Kier alpha value is -0.380. The van der Waals surface area contributed by atoms with E-state index in [1.807, 2.05) is 0 Å². The van der Waals surface area contributed by atoms with E-state index in [0.29, 0.717) is 6.42 Å². The maximum absolute atomic E-state index is 11.3. The quantitative estimate of drug-likeness (QED) is 0.665. The molecule has 2 rings (SSSR count). The number of ketones is 1. The molecule has 1 aliphatic carbocycles. The Bertz CT molecular complexity index is 338. The van der Waals surface area contributed by atoms with E-state index in [0.717, 1.165) is 12.8 Å². The molecule has 0 aromatic heterocycles. The summed E-state index contributed by atoms with van der Waals surface area (Å²) in [5.74, 6) is 0.837. The molecule has 0 aromatic rings. The van der Waals surface area contributed by atoms with Crippen LogP contribution in [-0.2, 0) is 14.6 Å². The van der Waals surface area contributed by atoms with E-state index in [4.69, 9.17) is 0 Å². The number of Topliss-reactive ketones (excluding diaryl/α,β-unsaturated/α-hetero) is 1. The van der Waals surface area contributed by atoms with Gasteiger partial charge in [-0.3, -0.25) is 4.79 Å². The van der Waals surface area contributed by atoms with Crippen molar-refractivity contribution in [2.45, 2.75) is 26.2 Å². The molecule has 0 bridgehead atoms. The van der Waals surface area contributed by atoms with Gasteiger partial charge in [0, 0.05) is 5.41 Å². The molecule has 13 heavy (non-hydrogen) atoms. The van der Waals surface area contributed by atoms with E-state index >= 15 is 0 Å². The lowest BCUT2D eigenvalue weighted by Crippen LogP contribution is -2.24. The van der Waals surface area contributed by atoms with E-state index in [9.17, 15) is 13.2 Å². The molecule has 0 aromatic carbocycles. The third-order valence-electron chi connectivity index (χ3n) is 3.50. The number of carbonyl (C=O) groups excluding carboxylic acids is 1. The normalized spacial score (nSPS) is 34.4. The van der Waals surface area contributed by atoms with Gasteiger partial charge in [-0.15, -0.1) is 0 Å². The fourth-order valence-corrected chi connectivity index (χ4v) is 4.32. The molecule has 0 spiro atoms. The van der Waals surface area contributed by atoms with Crippen LogP contribution >= 0.6 is 0 Å². The third-order valence-corrected chi connectivity index (χ3v) is 5.27. The van der Waals surface area contributed by atoms with Crippen molar-refractivity contribution in [3.05, 3.63) is 0 Å². The second-order valence-corrected chi connectivity index (χ2v) is 6.54. The van der Waals surface area contributed by atoms with Gasteiger partial charge in [-0.2, -0.15) is 0 Å². The molecule has 0 radical (unpaired) electrons. The highest BCUT2D eigenvalue weighted by molar-refractivity contribution is 7.91. The van der Waals surface area contributed by atoms with E-state index in [1.54, 1.807) is 6.92 Å². The second kappa shape index (κ2) is 2.56. The first kappa shape index (κ1) is 9.19. The average molecular weight is 202 g/mol. The third kappa shape index (κ3) is 1.41. The molecule has 1 atom stereocenters. The molecule has 1 saturated carbocycles. The Morgan fingerprint density at radius 2 is 2.00 bits per heavy atom. The first-order valence-electron chi connectivity index (χ1n) is 4.68. The summed E-state index contributed by atoms with van der Waals surface area (Å²) in [6.07, 6.45) is 2.51. The van der Waals surface area contributed by atoms with Gasteiger partial charge >= 0.3 is 0 Å². The summed E-state index contributed by atoms with van der Waals surface area (Å²) < 4.78 is 22.5. The summed E-state index contributed by atoms with van der Waals surface area (Å²) in [4.78, 5) is 11.3. The van der Waals surface area contributed by atoms with Gasteiger partial charge in [-0.25, -0.2) is 8.42 Å². The van der Waals surface area contributed by atoms with Crippen LogP contribution in [0.5, 0.6) is 0 Å². The smallest absolute Gasteiger partial charge is 0.150 e. The maximum Gasteiger partial charge on any atom is 0.150 e. The average Bonchev–Trinajstić information content (AvgIpc) is 2.73. The highest BCUT2D eigenvalue weighted by Gasteiger charge is 2.55. The molecule has 1 aliphatic heterocycles. The summed E-state index contributed by atoms with van der Waals surface area (Å²) in [6, 6.07) is 0. The van der Waals surface area contributed by atoms with Crippen LogP contribution in [0.1, 0.15) is 26.2 Å². The van der Waals surface area contributed by atoms with Crippen LogP contribution in [0.25, 0.3) is 0 Å². The van der Waals surface area contributed by atoms with Gasteiger partial charge in [-0.05, 0) is 32.1 Å². The standard InChI is InChI=1S/C9H14O3S/c1-7(10)9(3-4-9)8-2-5-13(11,12)6-8/h8H,2-6H2,1H3. The Morgan fingerprint density at radius 1 is 1.38 bits per heavy atom. The molecule has 0 amide bonds. The molecule has 74 valence electrons. The van der Waals surface area contributed by atoms with Crippen molar-refractivity contribution >= 4 is 15.6 Å². The monoisotopic (exact) mass is 202 g/mol. The number of hydrogen-bond donors (Lipinski definition) is 0. The van der Waals surface area contributed by atoms with Crippen molar-refractivity contribution in [2.24, 2.45) is 11.3 Å². The van der Waals surface area contributed by atoms with Crippen LogP contribution in [0.15, 0.2) is 0 Å². The first-order chi connectivity index (χ1) is 5.96. The van der Waals surface area contributed by atoms with Crippen molar-refractivity contribution in [3.63, 3.8) is 0 Å². The number of carbonyl (C=O) groups is 1. The lowest BCUT2D eigenvalue weighted by Gasteiger charge is -2.17. The molecule has 2 aliphatic rings. The SMILES string of the molecule is CC(=O)C1(C2CCS(=O)(=O)C2)CC1. The van der Waals surface area contributed by atoms with Crippen molar-refractivity contribution in [1.29, 1.82) is 0 Å². The van der Waals surface area contributed by atoms with Gasteiger partial charge in [0.05, 0.1) is 11.5 Å². The maximum atomic E-state index is 11.3. The highest BCUT2D eigenvalue weighted by atomic mass is 32.2. The van der Waals surface area contributed by atoms with Gasteiger partial charge in [0.25, 0.3) is 0 Å². The van der Waals surface area contributed by atoms with Crippen LogP contribution in [0, 0.1) is 11.3 Å². The minimum atomic E-state index is -2.82. The summed E-state index contributed by atoms with van der Waals surface area (Å²) in [7, 11) is -2.82. The van der Waals surface area contributed by atoms with Gasteiger partial charge in [0.15, 0.2) is 9.84 Å². The summed E-state index contributed by atoms with van der Waals surface area (Å²) >= 11 is 0. The van der Waals surface area contributed by atoms with E-state index in [2.05, 4.69) is 0 Å².